The van der Waals surface area contributed by atoms with E-state index in [1.165, 1.54) is 31.0 Å². The zero-order valence-corrected chi connectivity index (χ0v) is 9.99. The van der Waals surface area contributed by atoms with Crippen LogP contribution >= 0.6 is 0 Å². The maximum atomic E-state index is 13.1. The van der Waals surface area contributed by atoms with Crippen LogP contribution in [0.5, 0.6) is 5.75 Å². The van der Waals surface area contributed by atoms with Crippen LogP contribution in [0.25, 0.3) is 0 Å². The average molecular weight is 253 g/mol. The topological polar surface area (TPSA) is 58.6 Å². The van der Waals surface area contributed by atoms with Gasteiger partial charge in [0.15, 0.2) is 6.61 Å². The molecule has 5 heteroatoms. The second-order valence-electron chi connectivity index (χ2n) is 4.49. The van der Waals surface area contributed by atoms with E-state index in [1.54, 1.807) is 0 Å². The molecule has 1 aliphatic rings. The van der Waals surface area contributed by atoms with Crippen molar-refractivity contribution in [1.29, 1.82) is 0 Å². The van der Waals surface area contributed by atoms with Crippen LogP contribution in [-0.2, 0) is 11.4 Å². The van der Waals surface area contributed by atoms with Crippen LogP contribution in [0.3, 0.4) is 0 Å². The van der Waals surface area contributed by atoms with E-state index >= 15 is 0 Å². The van der Waals surface area contributed by atoms with Crippen LogP contribution in [0.4, 0.5) is 4.39 Å². The van der Waals surface area contributed by atoms with E-state index in [0.29, 0.717) is 18.0 Å². The Labute approximate surface area is 105 Å². The average Bonchev–Trinajstić information content (AvgIpc) is 3.17. The lowest BCUT2D eigenvalue weighted by Crippen LogP contribution is -2.30. The molecule has 0 saturated heterocycles. The number of nitrogens with one attached hydrogen (secondary N) is 1. The smallest absolute Gasteiger partial charge is 0.257 e. The molecule has 0 radical (unpaired) electrons. The highest BCUT2D eigenvalue weighted by molar-refractivity contribution is 5.77. The van der Waals surface area contributed by atoms with Crippen molar-refractivity contribution in [3.05, 3.63) is 29.6 Å². The highest BCUT2D eigenvalue weighted by atomic mass is 19.1. The molecule has 1 aliphatic carbocycles. The molecule has 1 fully saturated rings. The molecule has 1 amide bonds. The largest absolute Gasteiger partial charge is 0.484 e. The summed E-state index contributed by atoms with van der Waals surface area (Å²) in [5, 5.41) is 11.7. The van der Waals surface area contributed by atoms with Gasteiger partial charge in [-0.15, -0.1) is 0 Å². The van der Waals surface area contributed by atoms with Crippen LogP contribution in [0.15, 0.2) is 18.2 Å². The molecule has 1 saturated carbocycles. The van der Waals surface area contributed by atoms with Crippen molar-refractivity contribution in [2.75, 3.05) is 13.2 Å². The van der Waals surface area contributed by atoms with Crippen LogP contribution in [-0.4, -0.2) is 24.2 Å². The number of rotatable bonds is 6. The van der Waals surface area contributed by atoms with E-state index in [0.717, 1.165) is 0 Å². The van der Waals surface area contributed by atoms with Gasteiger partial charge in [0, 0.05) is 12.6 Å². The summed E-state index contributed by atoms with van der Waals surface area (Å²) in [7, 11) is 0. The molecule has 1 aromatic carbocycles. The lowest BCUT2D eigenvalue weighted by molar-refractivity contribution is -0.123. The van der Waals surface area contributed by atoms with Crippen molar-refractivity contribution in [3.8, 4) is 5.75 Å². The first-order valence-electron chi connectivity index (χ1n) is 5.97. The minimum atomic E-state index is -0.491. The van der Waals surface area contributed by atoms with Crippen molar-refractivity contribution < 1.29 is 19.0 Å². The number of hydrogen-bond acceptors (Lipinski definition) is 3. The molecule has 2 rings (SSSR count). The summed E-state index contributed by atoms with van der Waals surface area (Å²) in [4.78, 5) is 11.4. The number of hydrogen-bond donors (Lipinski definition) is 2. The van der Waals surface area contributed by atoms with Gasteiger partial charge in [0.1, 0.15) is 11.6 Å². The Morgan fingerprint density at radius 3 is 2.89 bits per heavy atom. The molecule has 1 aromatic rings. The van der Waals surface area contributed by atoms with E-state index in [-0.39, 0.29) is 24.9 Å². The third-order valence-corrected chi connectivity index (χ3v) is 2.77. The zero-order valence-electron chi connectivity index (χ0n) is 9.99. The third kappa shape index (κ3) is 4.00. The van der Waals surface area contributed by atoms with Crippen LogP contribution in [0.2, 0.25) is 0 Å². The van der Waals surface area contributed by atoms with Crippen LogP contribution in [0, 0.1) is 11.7 Å². The van der Waals surface area contributed by atoms with Crippen molar-refractivity contribution in [2.45, 2.75) is 19.4 Å². The number of aliphatic hydroxyl groups is 1. The molecule has 0 atom stereocenters. The summed E-state index contributed by atoms with van der Waals surface area (Å²) >= 11 is 0. The molecule has 2 N–H and O–H groups in total. The first kappa shape index (κ1) is 12.8. The molecule has 0 aromatic heterocycles. The van der Waals surface area contributed by atoms with Crippen molar-refractivity contribution in [1.82, 2.24) is 5.32 Å². The second kappa shape index (κ2) is 5.82. The predicted molar refractivity (Wildman–Crippen MR) is 63.6 cm³/mol. The molecule has 98 valence electrons. The molecule has 0 heterocycles. The van der Waals surface area contributed by atoms with Crippen molar-refractivity contribution in [2.24, 2.45) is 5.92 Å². The molecule has 18 heavy (non-hydrogen) atoms. The predicted octanol–water partition coefficient (Wildman–Crippen LogP) is 1.22. The molecule has 0 bridgehead atoms. The minimum Gasteiger partial charge on any atom is -0.484 e. The van der Waals surface area contributed by atoms with E-state index < -0.39 is 5.82 Å². The summed E-state index contributed by atoms with van der Waals surface area (Å²) in [6, 6.07) is 3.92. The number of benzene rings is 1. The molecular formula is C13H16FNO3. The lowest BCUT2D eigenvalue weighted by atomic mass is 10.2. The number of aliphatic hydroxyl groups excluding tert-OH is 1. The monoisotopic (exact) mass is 253 g/mol. The molecule has 4 nitrogen and oxygen atoms in total. The maximum Gasteiger partial charge on any atom is 0.257 e. The van der Waals surface area contributed by atoms with E-state index in [2.05, 4.69) is 5.32 Å². The van der Waals surface area contributed by atoms with Gasteiger partial charge in [-0.3, -0.25) is 4.79 Å². The maximum absolute atomic E-state index is 13.1. The summed E-state index contributed by atoms with van der Waals surface area (Å²) in [6.45, 7) is 0.288. The highest BCUT2D eigenvalue weighted by Crippen LogP contribution is 2.27. The van der Waals surface area contributed by atoms with Gasteiger partial charge in [-0.1, -0.05) is 0 Å². The number of carbonyl (C=O) groups is 1. The number of ether oxygens (including phenoxy) is 1. The van der Waals surface area contributed by atoms with Gasteiger partial charge in [-0.2, -0.15) is 0 Å². The quantitative estimate of drug-likeness (QED) is 0.801. The molecule has 0 spiro atoms. The van der Waals surface area contributed by atoms with E-state index in [9.17, 15) is 9.18 Å². The molecular weight excluding hydrogens is 237 g/mol. The van der Waals surface area contributed by atoms with Gasteiger partial charge in [0.2, 0.25) is 0 Å². The Morgan fingerprint density at radius 2 is 2.22 bits per heavy atom. The highest BCUT2D eigenvalue weighted by Gasteiger charge is 2.21. The van der Waals surface area contributed by atoms with Crippen molar-refractivity contribution in [3.63, 3.8) is 0 Å². The first-order chi connectivity index (χ1) is 8.67. The number of halogens is 1. The SMILES string of the molecule is O=C(COc1cc(F)cc(CO)c1)NCC1CC1. The van der Waals surface area contributed by atoms with Crippen LogP contribution < -0.4 is 10.1 Å². The Morgan fingerprint density at radius 1 is 1.44 bits per heavy atom. The van der Waals surface area contributed by atoms with Gasteiger partial charge < -0.3 is 15.2 Å². The summed E-state index contributed by atoms with van der Waals surface area (Å²) in [5.74, 6) is 0.163. The van der Waals surface area contributed by atoms with Gasteiger partial charge in [-0.25, -0.2) is 4.39 Å². The van der Waals surface area contributed by atoms with Gasteiger partial charge in [0.25, 0.3) is 5.91 Å². The number of amides is 1. The number of carbonyl (C=O) groups excluding carboxylic acids is 1. The third-order valence-electron chi connectivity index (χ3n) is 2.77. The van der Waals surface area contributed by atoms with Gasteiger partial charge in [-0.05, 0) is 36.5 Å². The molecule has 0 aliphatic heterocycles. The Bertz CT molecular complexity index is 432. The van der Waals surface area contributed by atoms with E-state index in [4.69, 9.17) is 9.84 Å². The summed E-state index contributed by atoms with van der Waals surface area (Å²) in [6.07, 6.45) is 2.34. The normalized spacial score (nSPS) is 14.3. The fraction of sp³-hybridized carbons (Fsp3) is 0.462. The summed E-state index contributed by atoms with van der Waals surface area (Å²) in [5.41, 5.74) is 0.420. The van der Waals surface area contributed by atoms with Crippen molar-refractivity contribution >= 4 is 5.91 Å². The zero-order chi connectivity index (χ0) is 13.0. The van der Waals surface area contributed by atoms with Gasteiger partial charge in [0.05, 0.1) is 6.61 Å². The minimum absolute atomic E-state index is 0.138. The lowest BCUT2D eigenvalue weighted by Gasteiger charge is -2.08. The Balaban J connectivity index is 1.80. The standard InChI is InChI=1S/C13H16FNO3/c14-11-3-10(7-16)4-12(5-11)18-8-13(17)15-6-9-1-2-9/h3-5,9,16H,1-2,6-8H2,(H,15,17). The van der Waals surface area contributed by atoms with Gasteiger partial charge >= 0.3 is 0 Å². The Hall–Kier alpha value is -1.62. The fourth-order valence-corrected chi connectivity index (χ4v) is 1.58. The Kier molecular flexibility index (Phi) is 4.15. The molecule has 0 unspecified atom stereocenters. The van der Waals surface area contributed by atoms with Crippen LogP contribution in [0.1, 0.15) is 18.4 Å². The summed E-state index contributed by atoms with van der Waals surface area (Å²) < 4.78 is 18.3. The van der Waals surface area contributed by atoms with E-state index in [1.807, 2.05) is 0 Å². The second-order valence-corrected chi connectivity index (χ2v) is 4.49. The fourth-order valence-electron chi connectivity index (χ4n) is 1.58. The first-order valence-corrected chi connectivity index (χ1v) is 5.97.